The van der Waals surface area contributed by atoms with Crippen LogP contribution in [-0.4, -0.2) is 0 Å². The Morgan fingerprint density at radius 1 is 0.474 bits per heavy atom. The topological polar surface area (TPSA) is 9.23 Å². The first-order valence-corrected chi connectivity index (χ1v) is 13.1. The number of hydrogen-bond donors (Lipinski definition) is 0. The van der Waals surface area contributed by atoms with E-state index in [-0.39, 0.29) is 0 Å². The number of rotatable bonds is 2. The first kappa shape index (κ1) is 21.2. The third kappa shape index (κ3) is 2.99. The van der Waals surface area contributed by atoms with Crippen molar-refractivity contribution in [1.29, 1.82) is 0 Å². The molecule has 0 unspecified atom stereocenters. The van der Waals surface area contributed by atoms with Gasteiger partial charge in [0.25, 0.3) is 0 Å². The van der Waals surface area contributed by atoms with Crippen molar-refractivity contribution >= 4 is 32.3 Å². The van der Waals surface area contributed by atoms with Gasteiger partial charge in [-0.15, -0.1) is 0 Å². The van der Waals surface area contributed by atoms with Crippen molar-refractivity contribution < 1.29 is 4.74 Å². The Morgan fingerprint density at radius 3 is 1.76 bits per heavy atom. The molecule has 0 atom stereocenters. The molecule has 1 nitrogen and oxygen atoms in total. The van der Waals surface area contributed by atoms with Crippen LogP contribution in [0.25, 0.3) is 65.7 Å². The molecule has 0 saturated carbocycles. The van der Waals surface area contributed by atoms with E-state index < -0.39 is 0 Å². The zero-order chi connectivity index (χ0) is 25.2. The Kier molecular flexibility index (Phi) is 4.50. The zero-order valence-corrected chi connectivity index (χ0v) is 21.0. The maximum Gasteiger partial charge on any atom is 0.143 e. The summed E-state index contributed by atoms with van der Waals surface area (Å²) in [7, 11) is 0. The lowest BCUT2D eigenvalue weighted by molar-refractivity contribution is 0.489. The third-order valence-corrected chi connectivity index (χ3v) is 7.89. The summed E-state index contributed by atoms with van der Waals surface area (Å²) in [6.07, 6.45) is 0. The van der Waals surface area contributed by atoms with Gasteiger partial charge in [0.1, 0.15) is 11.5 Å². The lowest BCUT2D eigenvalue weighted by Gasteiger charge is -2.25. The fraction of sp³-hybridized carbons (Fsp3) is 0.0270. The van der Waals surface area contributed by atoms with Crippen LogP contribution in [-0.2, 0) is 0 Å². The van der Waals surface area contributed by atoms with Crippen molar-refractivity contribution in [3.05, 3.63) is 133 Å². The normalized spacial score (nSPS) is 12.0. The van der Waals surface area contributed by atoms with Gasteiger partial charge in [0.15, 0.2) is 0 Å². The molecule has 0 amide bonds. The van der Waals surface area contributed by atoms with Crippen LogP contribution in [0.4, 0.5) is 0 Å². The van der Waals surface area contributed by atoms with E-state index in [1.54, 1.807) is 0 Å². The molecule has 38 heavy (non-hydrogen) atoms. The van der Waals surface area contributed by atoms with Crippen LogP contribution in [0.5, 0.6) is 11.5 Å². The minimum absolute atomic E-state index is 0.919. The number of para-hydroxylation sites is 1. The maximum atomic E-state index is 6.76. The average molecular weight is 485 g/mol. The van der Waals surface area contributed by atoms with Gasteiger partial charge in [0.2, 0.25) is 0 Å². The molecule has 0 saturated heterocycles. The SMILES string of the molecule is Cc1cccc(-c2c3ccccc3c(-c3cccc4c3Oc3cccc5cccc-4c35)c3ccccc23)c1. The summed E-state index contributed by atoms with van der Waals surface area (Å²) >= 11 is 0. The highest BCUT2D eigenvalue weighted by Crippen LogP contribution is 2.53. The number of ether oxygens (including phenoxy) is 1. The second-order valence-electron chi connectivity index (χ2n) is 10.2. The van der Waals surface area contributed by atoms with Crippen molar-refractivity contribution in [2.45, 2.75) is 6.92 Å². The highest BCUT2D eigenvalue weighted by Gasteiger charge is 2.25. The molecule has 8 rings (SSSR count). The van der Waals surface area contributed by atoms with Crippen molar-refractivity contribution in [3.8, 4) is 44.9 Å². The average Bonchev–Trinajstić information content (AvgIpc) is 2.96. The van der Waals surface area contributed by atoms with Crippen LogP contribution in [0.15, 0.2) is 127 Å². The van der Waals surface area contributed by atoms with Crippen LogP contribution in [0.3, 0.4) is 0 Å². The van der Waals surface area contributed by atoms with Crippen LogP contribution < -0.4 is 4.74 Å². The summed E-state index contributed by atoms with van der Waals surface area (Å²) < 4.78 is 6.76. The first-order chi connectivity index (χ1) is 18.8. The zero-order valence-electron chi connectivity index (χ0n) is 21.0. The van der Waals surface area contributed by atoms with Gasteiger partial charge in [-0.05, 0) is 56.6 Å². The summed E-state index contributed by atoms with van der Waals surface area (Å²) in [5.41, 5.74) is 8.50. The summed E-state index contributed by atoms with van der Waals surface area (Å²) in [5.74, 6) is 1.85. The van der Waals surface area contributed by atoms with Crippen molar-refractivity contribution in [1.82, 2.24) is 0 Å². The highest BCUT2D eigenvalue weighted by atomic mass is 16.5. The maximum absolute atomic E-state index is 6.76. The van der Waals surface area contributed by atoms with Crippen LogP contribution in [0, 0.1) is 6.92 Å². The summed E-state index contributed by atoms with van der Waals surface area (Å²) in [5, 5.41) is 7.36. The van der Waals surface area contributed by atoms with E-state index in [1.807, 2.05) is 0 Å². The van der Waals surface area contributed by atoms with E-state index in [9.17, 15) is 0 Å². The molecule has 0 bridgehead atoms. The summed E-state index contributed by atoms with van der Waals surface area (Å²) in [6, 6.07) is 45.9. The van der Waals surface area contributed by atoms with Gasteiger partial charge in [0, 0.05) is 22.1 Å². The monoisotopic (exact) mass is 484 g/mol. The van der Waals surface area contributed by atoms with Gasteiger partial charge in [-0.2, -0.15) is 0 Å². The number of hydrogen-bond acceptors (Lipinski definition) is 1. The molecule has 0 spiro atoms. The van der Waals surface area contributed by atoms with Gasteiger partial charge < -0.3 is 4.74 Å². The fourth-order valence-electron chi connectivity index (χ4n) is 6.31. The molecule has 178 valence electrons. The van der Waals surface area contributed by atoms with Gasteiger partial charge in [-0.3, -0.25) is 0 Å². The molecule has 1 heteroatoms. The van der Waals surface area contributed by atoms with E-state index in [1.165, 1.54) is 60.1 Å². The standard InChI is InChI=1S/C37H24O/c1-23-10-6-13-25(22-23)34-26-14-2-4-16-28(26)36(29-17-5-3-15-27(29)34)32-20-9-19-31-30-18-7-11-24-12-8-21-33(35(24)30)38-37(31)32/h2-22H,1H3. The molecule has 0 aromatic heterocycles. The van der Waals surface area contributed by atoms with E-state index >= 15 is 0 Å². The van der Waals surface area contributed by atoms with E-state index in [2.05, 4.69) is 134 Å². The third-order valence-electron chi connectivity index (χ3n) is 7.89. The molecular formula is C37H24O. The molecule has 1 heterocycles. The van der Waals surface area contributed by atoms with Gasteiger partial charge in [-0.1, -0.05) is 127 Å². The van der Waals surface area contributed by atoms with Gasteiger partial charge in [0.05, 0.1) is 0 Å². The van der Waals surface area contributed by atoms with E-state index in [4.69, 9.17) is 4.74 Å². The lowest BCUT2D eigenvalue weighted by Crippen LogP contribution is -2.00. The second kappa shape index (κ2) is 8.06. The second-order valence-corrected chi connectivity index (χ2v) is 10.2. The molecule has 7 aromatic rings. The molecule has 1 aliphatic rings. The van der Waals surface area contributed by atoms with Crippen LogP contribution >= 0.6 is 0 Å². The Morgan fingerprint density at radius 2 is 1.05 bits per heavy atom. The number of fused-ring (bicyclic) bond motifs is 4. The Bertz CT molecular complexity index is 2000. The molecule has 0 aliphatic carbocycles. The Balaban J connectivity index is 1.50. The molecular weight excluding hydrogens is 460 g/mol. The minimum atomic E-state index is 0.919. The molecule has 0 radical (unpaired) electrons. The summed E-state index contributed by atoms with van der Waals surface area (Å²) in [6.45, 7) is 2.16. The van der Waals surface area contributed by atoms with E-state index in [0.717, 1.165) is 22.6 Å². The number of aryl methyl sites for hydroxylation is 1. The predicted molar refractivity (Wildman–Crippen MR) is 160 cm³/mol. The van der Waals surface area contributed by atoms with Crippen molar-refractivity contribution in [3.63, 3.8) is 0 Å². The summed E-state index contributed by atoms with van der Waals surface area (Å²) in [4.78, 5) is 0. The lowest BCUT2D eigenvalue weighted by atomic mass is 9.84. The molecule has 0 fully saturated rings. The van der Waals surface area contributed by atoms with Crippen molar-refractivity contribution in [2.24, 2.45) is 0 Å². The van der Waals surface area contributed by atoms with Crippen LogP contribution in [0.1, 0.15) is 5.56 Å². The largest absolute Gasteiger partial charge is 0.455 e. The Labute approximate surface area is 221 Å². The fourth-order valence-corrected chi connectivity index (χ4v) is 6.31. The molecule has 1 aliphatic heterocycles. The minimum Gasteiger partial charge on any atom is -0.455 e. The molecule has 7 aromatic carbocycles. The first-order valence-electron chi connectivity index (χ1n) is 13.1. The molecule has 0 N–H and O–H groups in total. The Hall–Kier alpha value is -4.88. The van der Waals surface area contributed by atoms with Crippen LogP contribution in [0.2, 0.25) is 0 Å². The van der Waals surface area contributed by atoms with Gasteiger partial charge >= 0.3 is 0 Å². The smallest absolute Gasteiger partial charge is 0.143 e. The predicted octanol–water partition coefficient (Wildman–Crippen LogP) is 10.6. The highest BCUT2D eigenvalue weighted by molar-refractivity contribution is 6.22. The van der Waals surface area contributed by atoms with Crippen molar-refractivity contribution in [2.75, 3.05) is 0 Å². The quantitative estimate of drug-likeness (QED) is 0.222. The van der Waals surface area contributed by atoms with E-state index in [0.29, 0.717) is 0 Å². The van der Waals surface area contributed by atoms with Gasteiger partial charge in [-0.25, -0.2) is 0 Å². The number of benzene rings is 7.